The molecule has 1 nitrogen and oxygen atoms in total. The SMILES string of the molecule is BrCCCN1C2CCC(Br)CC2C2CC(Br)CCC21. The van der Waals surface area contributed by atoms with Gasteiger partial charge in [0.25, 0.3) is 0 Å². The van der Waals surface area contributed by atoms with E-state index in [1.165, 1.54) is 51.5 Å². The Morgan fingerprint density at radius 3 is 1.84 bits per heavy atom. The smallest absolute Gasteiger partial charge is 0.0149 e. The molecule has 1 heterocycles. The van der Waals surface area contributed by atoms with E-state index in [-0.39, 0.29) is 0 Å². The van der Waals surface area contributed by atoms with Crippen LogP contribution in [0.2, 0.25) is 0 Å². The van der Waals surface area contributed by atoms with Gasteiger partial charge in [0, 0.05) is 27.1 Å². The zero-order valence-corrected chi connectivity index (χ0v) is 16.2. The van der Waals surface area contributed by atoms with E-state index in [1.54, 1.807) is 0 Å². The lowest BCUT2D eigenvalue weighted by Crippen LogP contribution is -2.41. The van der Waals surface area contributed by atoms with Gasteiger partial charge in [-0.25, -0.2) is 0 Å². The molecule has 3 fully saturated rings. The molecule has 0 aromatic carbocycles. The number of hydrogen-bond donors (Lipinski definition) is 0. The summed E-state index contributed by atoms with van der Waals surface area (Å²) < 4.78 is 0. The van der Waals surface area contributed by atoms with Crippen LogP contribution in [0, 0.1) is 11.8 Å². The molecule has 6 unspecified atom stereocenters. The number of rotatable bonds is 3. The summed E-state index contributed by atoms with van der Waals surface area (Å²) >= 11 is 11.4. The highest BCUT2D eigenvalue weighted by molar-refractivity contribution is 9.09. The predicted octanol–water partition coefficient (Wildman–Crippen LogP) is 4.95. The van der Waals surface area contributed by atoms with Gasteiger partial charge in [0.05, 0.1) is 0 Å². The highest BCUT2D eigenvalue weighted by atomic mass is 79.9. The normalized spacial score (nSPS) is 46.9. The topological polar surface area (TPSA) is 3.24 Å². The highest BCUT2D eigenvalue weighted by Crippen LogP contribution is 2.51. The molecule has 1 saturated heterocycles. The summed E-state index contributed by atoms with van der Waals surface area (Å²) in [5.74, 6) is 1.91. The first-order valence-corrected chi connectivity index (χ1v) is 10.8. The molecule has 19 heavy (non-hydrogen) atoms. The molecule has 110 valence electrons. The Hall–Kier alpha value is 1.40. The summed E-state index contributed by atoms with van der Waals surface area (Å²) in [6.45, 7) is 1.31. The van der Waals surface area contributed by atoms with Gasteiger partial charge in [0.15, 0.2) is 0 Å². The van der Waals surface area contributed by atoms with E-state index >= 15 is 0 Å². The maximum absolute atomic E-state index is 3.89. The fourth-order valence-electron chi connectivity index (χ4n) is 4.84. The lowest BCUT2D eigenvalue weighted by Gasteiger charge is -2.35. The van der Waals surface area contributed by atoms with Crippen molar-refractivity contribution in [2.24, 2.45) is 11.8 Å². The van der Waals surface area contributed by atoms with E-state index in [9.17, 15) is 0 Å². The van der Waals surface area contributed by atoms with Gasteiger partial charge in [0.2, 0.25) is 0 Å². The summed E-state index contributed by atoms with van der Waals surface area (Å²) in [5.41, 5.74) is 0. The third kappa shape index (κ3) is 3.12. The van der Waals surface area contributed by atoms with Crippen LogP contribution in [-0.4, -0.2) is 38.5 Å². The Kier molecular flexibility index (Phi) is 5.36. The third-order valence-corrected chi connectivity index (χ3v) is 7.77. The van der Waals surface area contributed by atoms with Crippen LogP contribution in [0.1, 0.15) is 44.9 Å². The standard InChI is InChI=1S/C15H24Br3N/c16-6-1-7-19-14-4-2-10(17)8-12(14)13-9-11(18)3-5-15(13)19/h10-15H,1-9H2. The van der Waals surface area contributed by atoms with Crippen LogP contribution < -0.4 is 0 Å². The quantitative estimate of drug-likeness (QED) is 0.542. The van der Waals surface area contributed by atoms with Gasteiger partial charge in [-0.05, 0) is 63.3 Å². The Balaban J connectivity index is 1.77. The maximum atomic E-state index is 3.89. The van der Waals surface area contributed by atoms with Crippen LogP contribution in [0.15, 0.2) is 0 Å². The van der Waals surface area contributed by atoms with E-state index in [4.69, 9.17) is 0 Å². The van der Waals surface area contributed by atoms with Crippen LogP contribution in [0.3, 0.4) is 0 Å². The Bertz CT molecular complexity index is 286. The Morgan fingerprint density at radius 1 is 0.842 bits per heavy atom. The average Bonchev–Trinajstić information content (AvgIpc) is 2.69. The summed E-state index contributed by atoms with van der Waals surface area (Å²) in [7, 11) is 0. The average molecular weight is 458 g/mol. The zero-order chi connectivity index (χ0) is 13.4. The van der Waals surface area contributed by atoms with Crippen molar-refractivity contribution in [2.45, 2.75) is 66.7 Å². The monoisotopic (exact) mass is 455 g/mol. The van der Waals surface area contributed by atoms with Crippen molar-refractivity contribution >= 4 is 47.8 Å². The van der Waals surface area contributed by atoms with Crippen molar-refractivity contribution in [3.63, 3.8) is 0 Å². The number of hydrogen-bond acceptors (Lipinski definition) is 1. The van der Waals surface area contributed by atoms with Crippen molar-refractivity contribution in [3.8, 4) is 0 Å². The predicted molar refractivity (Wildman–Crippen MR) is 92.8 cm³/mol. The van der Waals surface area contributed by atoms with E-state index in [2.05, 4.69) is 52.7 Å². The molecular formula is C15H24Br3N. The molecule has 2 saturated carbocycles. The molecule has 4 heteroatoms. The number of halogens is 3. The molecule has 0 radical (unpaired) electrons. The lowest BCUT2D eigenvalue weighted by molar-refractivity contribution is 0.142. The number of likely N-dealkylation sites (tertiary alicyclic amines) is 1. The highest BCUT2D eigenvalue weighted by Gasteiger charge is 2.51. The first-order valence-electron chi connectivity index (χ1n) is 7.80. The molecular weight excluding hydrogens is 434 g/mol. The molecule has 0 spiro atoms. The largest absolute Gasteiger partial charge is 0.297 e. The first kappa shape index (κ1) is 15.3. The van der Waals surface area contributed by atoms with Crippen LogP contribution >= 0.6 is 47.8 Å². The minimum atomic E-state index is 0.779. The van der Waals surface area contributed by atoms with Crippen molar-refractivity contribution < 1.29 is 0 Å². The first-order chi connectivity index (χ1) is 9.20. The summed E-state index contributed by atoms with van der Waals surface area (Å²) in [5, 5.41) is 1.15. The van der Waals surface area contributed by atoms with Gasteiger partial charge in [-0.15, -0.1) is 0 Å². The molecule has 6 atom stereocenters. The molecule has 2 aliphatic carbocycles. The number of nitrogens with zero attached hydrogens (tertiary/aromatic N) is 1. The van der Waals surface area contributed by atoms with Crippen molar-refractivity contribution in [3.05, 3.63) is 0 Å². The Morgan fingerprint density at radius 2 is 1.37 bits per heavy atom. The number of fused-ring (bicyclic) bond motifs is 3. The van der Waals surface area contributed by atoms with Crippen molar-refractivity contribution in [1.29, 1.82) is 0 Å². The second-order valence-corrected chi connectivity index (χ2v) is 9.95. The third-order valence-electron chi connectivity index (χ3n) is 5.55. The summed E-state index contributed by atoms with van der Waals surface area (Å²) in [4.78, 5) is 4.47. The fourth-order valence-corrected chi connectivity index (χ4v) is 6.48. The molecule has 0 aromatic heterocycles. The van der Waals surface area contributed by atoms with Crippen molar-refractivity contribution in [1.82, 2.24) is 4.90 Å². The number of alkyl halides is 3. The van der Waals surface area contributed by atoms with Gasteiger partial charge in [0.1, 0.15) is 0 Å². The second-order valence-electron chi connectivity index (χ2n) is 6.56. The molecule has 3 rings (SSSR count). The minimum absolute atomic E-state index is 0.779. The van der Waals surface area contributed by atoms with E-state index in [0.717, 1.165) is 38.9 Å². The molecule has 0 bridgehead atoms. The maximum Gasteiger partial charge on any atom is 0.0149 e. The van der Waals surface area contributed by atoms with Crippen LogP contribution in [0.4, 0.5) is 0 Å². The second kappa shape index (κ2) is 6.66. The van der Waals surface area contributed by atoms with Gasteiger partial charge in [-0.2, -0.15) is 0 Å². The van der Waals surface area contributed by atoms with E-state index in [1.807, 2.05) is 0 Å². The van der Waals surface area contributed by atoms with E-state index < -0.39 is 0 Å². The Labute approximate surface area is 142 Å². The zero-order valence-electron chi connectivity index (χ0n) is 11.4. The molecule has 0 aromatic rings. The molecule has 0 N–H and O–H groups in total. The van der Waals surface area contributed by atoms with Gasteiger partial charge in [-0.1, -0.05) is 47.8 Å². The van der Waals surface area contributed by atoms with Gasteiger partial charge >= 0.3 is 0 Å². The molecule has 0 amide bonds. The molecule has 1 aliphatic heterocycles. The van der Waals surface area contributed by atoms with Crippen LogP contribution in [0.5, 0.6) is 0 Å². The van der Waals surface area contributed by atoms with Crippen LogP contribution in [0.25, 0.3) is 0 Å². The minimum Gasteiger partial charge on any atom is -0.297 e. The van der Waals surface area contributed by atoms with Crippen LogP contribution in [-0.2, 0) is 0 Å². The van der Waals surface area contributed by atoms with Gasteiger partial charge < -0.3 is 0 Å². The van der Waals surface area contributed by atoms with Gasteiger partial charge in [-0.3, -0.25) is 4.90 Å². The van der Waals surface area contributed by atoms with E-state index in [0.29, 0.717) is 0 Å². The lowest BCUT2D eigenvalue weighted by atomic mass is 9.73. The summed E-state index contributed by atoms with van der Waals surface area (Å²) in [6, 6.07) is 1.78. The molecule has 3 aliphatic rings. The fraction of sp³-hybridized carbons (Fsp3) is 1.00. The summed E-state index contributed by atoms with van der Waals surface area (Å²) in [6.07, 6.45) is 9.73. The van der Waals surface area contributed by atoms with Crippen molar-refractivity contribution in [2.75, 3.05) is 11.9 Å².